The Balaban J connectivity index is 1.58. The van der Waals surface area contributed by atoms with Gasteiger partial charge in [-0.05, 0) is 48.5 Å². The molecule has 0 unspecified atom stereocenters. The van der Waals surface area contributed by atoms with Gasteiger partial charge in [0.05, 0.1) is 6.54 Å². The zero-order valence-corrected chi connectivity index (χ0v) is 19.5. The summed E-state index contributed by atoms with van der Waals surface area (Å²) in [5.41, 5.74) is 0.493. The lowest BCUT2D eigenvalue weighted by Crippen LogP contribution is -2.34. The minimum atomic E-state index is -0.922. The molecule has 3 aromatic rings. The molecule has 0 bridgehead atoms. The molecule has 172 valence electrons. The van der Waals surface area contributed by atoms with Crippen molar-refractivity contribution in [3.8, 4) is 6.07 Å². The molecule has 3 rings (SSSR count). The lowest BCUT2D eigenvalue weighted by molar-refractivity contribution is -0.136. The van der Waals surface area contributed by atoms with Crippen LogP contribution in [0.2, 0.25) is 15.1 Å². The van der Waals surface area contributed by atoms with Crippen LogP contribution in [0.15, 0.2) is 64.6 Å². The number of carbonyl (C=O) groups excluding carboxylic acids is 3. The van der Waals surface area contributed by atoms with Gasteiger partial charge in [0.1, 0.15) is 23.2 Å². The maximum absolute atomic E-state index is 12.3. The van der Waals surface area contributed by atoms with Gasteiger partial charge in [-0.15, -0.1) is 0 Å². The fourth-order valence-corrected chi connectivity index (χ4v) is 3.40. The summed E-state index contributed by atoms with van der Waals surface area (Å²) in [6, 6.07) is 15.7. The Morgan fingerprint density at radius 1 is 0.853 bits per heavy atom. The molecule has 8 nitrogen and oxygen atoms in total. The predicted octanol–water partition coefficient (Wildman–Crippen LogP) is 5.04. The van der Waals surface area contributed by atoms with Crippen LogP contribution in [0.1, 0.15) is 11.5 Å². The Labute approximate surface area is 209 Å². The van der Waals surface area contributed by atoms with Gasteiger partial charge in [0.15, 0.2) is 0 Å². The molecule has 0 aliphatic rings. The van der Waals surface area contributed by atoms with Gasteiger partial charge in [-0.1, -0.05) is 40.9 Å². The van der Waals surface area contributed by atoms with Crippen molar-refractivity contribution in [2.45, 2.75) is 6.54 Å². The minimum Gasteiger partial charge on any atom is -0.460 e. The zero-order valence-electron chi connectivity index (χ0n) is 17.2. The number of carbonyl (C=O) groups is 3. The van der Waals surface area contributed by atoms with Gasteiger partial charge in [-0.25, -0.2) is 0 Å². The molecule has 0 aliphatic heterocycles. The SMILES string of the molecule is N#C/C(=C/c1ccc(CNC(=O)C(=O)Nc2cc(Cl)cc(Cl)c2)o1)C(=O)Nc1cccc(Cl)c1. The minimum absolute atomic E-state index is 0.104. The van der Waals surface area contributed by atoms with E-state index in [-0.39, 0.29) is 23.6 Å². The van der Waals surface area contributed by atoms with E-state index in [2.05, 4.69) is 16.0 Å². The van der Waals surface area contributed by atoms with Crippen molar-refractivity contribution in [1.29, 1.82) is 5.26 Å². The Morgan fingerprint density at radius 3 is 2.21 bits per heavy atom. The van der Waals surface area contributed by atoms with E-state index in [1.807, 2.05) is 0 Å². The summed E-state index contributed by atoms with van der Waals surface area (Å²) in [4.78, 5) is 36.5. The van der Waals surface area contributed by atoms with E-state index in [4.69, 9.17) is 39.2 Å². The van der Waals surface area contributed by atoms with Gasteiger partial charge in [-0.2, -0.15) is 5.26 Å². The molecule has 0 radical (unpaired) electrons. The lowest BCUT2D eigenvalue weighted by Gasteiger charge is -2.06. The van der Waals surface area contributed by atoms with Gasteiger partial charge < -0.3 is 20.4 Å². The number of hydrogen-bond acceptors (Lipinski definition) is 5. The number of nitriles is 1. The number of amides is 3. The smallest absolute Gasteiger partial charge is 0.313 e. The summed E-state index contributed by atoms with van der Waals surface area (Å²) in [6.07, 6.45) is 1.25. The Hall–Kier alpha value is -3.77. The van der Waals surface area contributed by atoms with E-state index >= 15 is 0 Å². The molecular weight excluding hydrogens is 503 g/mol. The largest absolute Gasteiger partial charge is 0.460 e. The van der Waals surface area contributed by atoms with Crippen molar-refractivity contribution in [3.63, 3.8) is 0 Å². The number of hydrogen-bond donors (Lipinski definition) is 3. The molecule has 0 saturated heterocycles. The molecule has 0 aliphatic carbocycles. The number of furan rings is 1. The fraction of sp³-hybridized carbons (Fsp3) is 0.0435. The maximum atomic E-state index is 12.3. The molecule has 1 aromatic heterocycles. The number of benzene rings is 2. The van der Waals surface area contributed by atoms with Crippen LogP contribution in [-0.4, -0.2) is 17.7 Å². The molecule has 1 heterocycles. The third-order valence-electron chi connectivity index (χ3n) is 4.17. The third-order valence-corrected chi connectivity index (χ3v) is 4.84. The summed E-state index contributed by atoms with van der Waals surface area (Å²) in [6.45, 7) is -0.104. The number of nitrogens with zero attached hydrogens (tertiary/aromatic N) is 1. The van der Waals surface area contributed by atoms with Crippen molar-refractivity contribution in [3.05, 3.63) is 86.8 Å². The molecular formula is C23H15Cl3N4O4. The van der Waals surface area contributed by atoms with Crippen LogP contribution in [0.3, 0.4) is 0 Å². The highest BCUT2D eigenvalue weighted by molar-refractivity contribution is 6.40. The number of halogens is 3. The van der Waals surface area contributed by atoms with E-state index in [0.29, 0.717) is 26.5 Å². The molecule has 0 spiro atoms. The van der Waals surface area contributed by atoms with Crippen molar-refractivity contribution in [2.75, 3.05) is 10.6 Å². The Morgan fingerprint density at radius 2 is 1.53 bits per heavy atom. The maximum Gasteiger partial charge on any atom is 0.313 e. The predicted molar refractivity (Wildman–Crippen MR) is 129 cm³/mol. The highest BCUT2D eigenvalue weighted by atomic mass is 35.5. The quantitative estimate of drug-likeness (QED) is 0.240. The molecule has 3 N–H and O–H groups in total. The third kappa shape index (κ3) is 7.12. The average Bonchev–Trinajstić information content (AvgIpc) is 3.22. The Kier molecular flexibility index (Phi) is 8.33. The second kappa shape index (κ2) is 11.4. The van der Waals surface area contributed by atoms with Crippen LogP contribution in [0.25, 0.3) is 6.08 Å². The summed E-state index contributed by atoms with van der Waals surface area (Å²) < 4.78 is 5.51. The molecule has 0 saturated carbocycles. The first-order chi connectivity index (χ1) is 16.2. The van der Waals surface area contributed by atoms with Gasteiger partial charge in [-0.3, -0.25) is 14.4 Å². The van der Waals surface area contributed by atoms with Crippen molar-refractivity contribution in [1.82, 2.24) is 5.32 Å². The average molecular weight is 518 g/mol. The van der Waals surface area contributed by atoms with Crippen molar-refractivity contribution in [2.24, 2.45) is 0 Å². The van der Waals surface area contributed by atoms with Gasteiger partial charge >= 0.3 is 11.8 Å². The number of rotatable bonds is 6. The second-order valence-electron chi connectivity index (χ2n) is 6.73. The first-order valence-electron chi connectivity index (χ1n) is 9.56. The summed E-state index contributed by atoms with van der Waals surface area (Å²) >= 11 is 17.6. The first-order valence-corrected chi connectivity index (χ1v) is 10.7. The number of nitrogens with one attached hydrogen (secondary N) is 3. The van der Waals surface area contributed by atoms with Gasteiger partial charge in [0, 0.05) is 32.5 Å². The summed E-state index contributed by atoms with van der Waals surface area (Å²) in [5, 5.41) is 17.7. The van der Waals surface area contributed by atoms with Crippen LogP contribution < -0.4 is 16.0 Å². The first kappa shape index (κ1) is 24.9. The summed E-state index contributed by atoms with van der Waals surface area (Å²) in [5.74, 6) is -1.97. The second-order valence-corrected chi connectivity index (χ2v) is 8.04. The lowest BCUT2D eigenvalue weighted by atomic mass is 10.2. The van der Waals surface area contributed by atoms with Crippen LogP contribution in [0.4, 0.5) is 11.4 Å². The van der Waals surface area contributed by atoms with Gasteiger partial charge in [0.25, 0.3) is 5.91 Å². The van der Waals surface area contributed by atoms with E-state index in [0.717, 1.165) is 0 Å². The van der Waals surface area contributed by atoms with Crippen LogP contribution >= 0.6 is 34.8 Å². The van der Waals surface area contributed by atoms with E-state index in [1.165, 1.54) is 36.4 Å². The fourth-order valence-electron chi connectivity index (χ4n) is 2.68. The molecule has 34 heavy (non-hydrogen) atoms. The topological polar surface area (TPSA) is 124 Å². The zero-order chi connectivity index (χ0) is 24.7. The van der Waals surface area contributed by atoms with Crippen molar-refractivity contribution < 1.29 is 18.8 Å². The number of anilines is 2. The van der Waals surface area contributed by atoms with Crippen LogP contribution in [-0.2, 0) is 20.9 Å². The summed E-state index contributed by atoms with van der Waals surface area (Å²) in [7, 11) is 0. The molecule has 0 atom stereocenters. The molecule has 0 fully saturated rings. The molecule has 3 amide bonds. The van der Waals surface area contributed by atoms with Gasteiger partial charge in [0.2, 0.25) is 0 Å². The van der Waals surface area contributed by atoms with Crippen molar-refractivity contribution >= 4 is 70.0 Å². The van der Waals surface area contributed by atoms with E-state index in [1.54, 1.807) is 30.3 Å². The van der Waals surface area contributed by atoms with E-state index in [9.17, 15) is 19.6 Å². The Bertz CT molecular complexity index is 1310. The monoisotopic (exact) mass is 516 g/mol. The highest BCUT2D eigenvalue weighted by Crippen LogP contribution is 2.22. The molecule has 2 aromatic carbocycles. The van der Waals surface area contributed by atoms with Crippen LogP contribution in [0.5, 0.6) is 0 Å². The normalized spacial score (nSPS) is 10.8. The standard InChI is InChI=1S/C23H15Cl3N4O4/c24-14-2-1-3-17(8-14)29-21(31)13(11-27)6-19-4-5-20(34-19)12-28-22(32)23(33)30-18-9-15(25)7-16(26)10-18/h1-10H,12H2,(H,28,32)(H,29,31)(H,30,33)/b13-6-. The molecule has 11 heteroatoms. The van der Waals surface area contributed by atoms with Crippen LogP contribution in [0, 0.1) is 11.3 Å². The van der Waals surface area contributed by atoms with E-state index < -0.39 is 17.7 Å². The highest BCUT2D eigenvalue weighted by Gasteiger charge is 2.15.